The summed E-state index contributed by atoms with van der Waals surface area (Å²) in [5, 5.41) is 0. The maximum atomic E-state index is 4.51. The van der Waals surface area contributed by atoms with Gasteiger partial charge in [0, 0.05) is 12.1 Å². The molecule has 0 aliphatic heterocycles. The molecule has 1 aliphatic rings. The van der Waals surface area contributed by atoms with Crippen LogP contribution < -0.4 is 0 Å². The van der Waals surface area contributed by atoms with Crippen molar-refractivity contribution in [2.75, 3.05) is 0 Å². The summed E-state index contributed by atoms with van der Waals surface area (Å²) in [4.78, 5) is 8.68. The zero-order valence-corrected chi connectivity index (χ0v) is 8.25. The Morgan fingerprint density at radius 2 is 2.31 bits per heavy atom. The van der Waals surface area contributed by atoms with Gasteiger partial charge in [-0.3, -0.25) is 0 Å². The summed E-state index contributed by atoms with van der Waals surface area (Å²) in [6, 6.07) is 1.89. The summed E-state index contributed by atoms with van der Waals surface area (Å²) in [5.41, 5.74) is 1.12. The Morgan fingerprint density at radius 3 is 2.92 bits per heavy atom. The minimum atomic E-state index is 0.484. The first-order valence-electron chi connectivity index (χ1n) is 4.99. The minimum Gasteiger partial charge on any atom is -0.238 e. The van der Waals surface area contributed by atoms with E-state index in [9.17, 15) is 0 Å². The topological polar surface area (TPSA) is 25.8 Å². The van der Waals surface area contributed by atoms with E-state index in [0.29, 0.717) is 5.92 Å². The van der Waals surface area contributed by atoms with E-state index in [4.69, 9.17) is 0 Å². The van der Waals surface area contributed by atoms with Crippen molar-refractivity contribution in [3.05, 3.63) is 23.8 Å². The molecule has 0 amide bonds. The summed E-state index contributed by atoms with van der Waals surface area (Å²) in [7, 11) is 0. The van der Waals surface area contributed by atoms with Crippen molar-refractivity contribution in [2.24, 2.45) is 5.92 Å². The van der Waals surface area contributed by atoms with E-state index in [1.54, 1.807) is 0 Å². The summed E-state index contributed by atoms with van der Waals surface area (Å²) < 4.78 is 0. The third-order valence-electron chi connectivity index (χ3n) is 2.42. The minimum absolute atomic E-state index is 0.484. The second-order valence-corrected chi connectivity index (χ2v) is 4.14. The van der Waals surface area contributed by atoms with Crippen molar-refractivity contribution in [1.29, 1.82) is 0 Å². The van der Waals surface area contributed by atoms with Gasteiger partial charge in [0.25, 0.3) is 0 Å². The van der Waals surface area contributed by atoms with Crippen LogP contribution in [0.1, 0.15) is 44.1 Å². The van der Waals surface area contributed by atoms with Crippen LogP contribution in [0.4, 0.5) is 0 Å². The van der Waals surface area contributed by atoms with Crippen molar-refractivity contribution < 1.29 is 0 Å². The predicted molar refractivity (Wildman–Crippen MR) is 51.4 cm³/mol. The Labute approximate surface area is 79.4 Å². The number of rotatable bonds is 3. The van der Waals surface area contributed by atoms with Crippen molar-refractivity contribution >= 4 is 0 Å². The molecule has 2 rings (SSSR count). The van der Waals surface area contributed by atoms with Crippen molar-refractivity contribution in [3.8, 4) is 0 Å². The standard InChI is InChI=1S/C11H15N2/c1-8(2)10-5-6-12-11(13-10)7-9-3-4-9/h5,8-9H,3-4,7H2,1-2H3. The van der Waals surface area contributed by atoms with Gasteiger partial charge in [0.1, 0.15) is 5.82 Å². The first-order chi connectivity index (χ1) is 6.25. The van der Waals surface area contributed by atoms with E-state index in [-0.39, 0.29) is 0 Å². The SMILES string of the molecule is CC(C)c1c[c]nc(CC2CC2)n1. The second-order valence-electron chi connectivity index (χ2n) is 4.14. The molecule has 0 atom stereocenters. The van der Waals surface area contributed by atoms with Crippen LogP contribution >= 0.6 is 0 Å². The van der Waals surface area contributed by atoms with E-state index in [1.165, 1.54) is 12.8 Å². The van der Waals surface area contributed by atoms with Crippen molar-refractivity contribution in [2.45, 2.75) is 39.0 Å². The molecule has 1 heterocycles. The van der Waals surface area contributed by atoms with Crippen LogP contribution in [-0.2, 0) is 6.42 Å². The third-order valence-corrected chi connectivity index (χ3v) is 2.42. The number of nitrogens with zero attached hydrogens (tertiary/aromatic N) is 2. The van der Waals surface area contributed by atoms with Gasteiger partial charge in [-0.1, -0.05) is 13.8 Å². The Hall–Kier alpha value is -0.920. The highest BCUT2D eigenvalue weighted by molar-refractivity contribution is 5.06. The Morgan fingerprint density at radius 1 is 1.54 bits per heavy atom. The molecule has 2 heteroatoms. The quantitative estimate of drug-likeness (QED) is 0.704. The maximum Gasteiger partial charge on any atom is 0.129 e. The fourth-order valence-electron chi connectivity index (χ4n) is 1.35. The number of aromatic nitrogens is 2. The molecule has 69 valence electrons. The lowest BCUT2D eigenvalue weighted by Gasteiger charge is -2.04. The average molecular weight is 175 g/mol. The molecule has 0 N–H and O–H groups in total. The predicted octanol–water partition coefficient (Wildman–Crippen LogP) is 2.35. The first-order valence-corrected chi connectivity index (χ1v) is 4.99. The fourth-order valence-corrected chi connectivity index (χ4v) is 1.35. The fraction of sp³-hybridized carbons (Fsp3) is 0.636. The smallest absolute Gasteiger partial charge is 0.129 e. The van der Waals surface area contributed by atoms with Crippen LogP contribution in [0.15, 0.2) is 6.07 Å². The Balaban J connectivity index is 2.11. The molecule has 1 fully saturated rings. The number of hydrogen-bond acceptors (Lipinski definition) is 2. The zero-order chi connectivity index (χ0) is 9.26. The van der Waals surface area contributed by atoms with Gasteiger partial charge < -0.3 is 0 Å². The van der Waals surface area contributed by atoms with Crippen molar-refractivity contribution in [3.63, 3.8) is 0 Å². The molecule has 0 aromatic carbocycles. The van der Waals surface area contributed by atoms with Crippen LogP contribution in [0.3, 0.4) is 0 Å². The van der Waals surface area contributed by atoms with E-state index in [0.717, 1.165) is 23.9 Å². The average Bonchev–Trinajstić information content (AvgIpc) is 2.89. The molecule has 0 unspecified atom stereocenters. The zero-order valence-electron chi connectivity index (χ0n) is 8.25. The summed E-state index contributed by atoms with van der Waals surface area (Å²) in [5.74, 6) is 2.32. The lowest BCUT2D eigenvalue weighted by Crippen LogP contribution is -2.01. The highest BCUT2D eigenvalue weighted by atomic mass is 14.9. The molecule has 0 spiro atoms. The van der Waals surface area contributed by atoms with E-state index in [1.807, 2.05) is 6.07 Å². The van der Waals surface area contributed by atoms with Gasteiger partial charge in [-0.25, -0.2) is 9.97 Å². The Bertz CT molecular complexity index is 290. The molecule has 1 radical (unpaired) electrons. The molecule has 1 saturated carbocycles. The maximum absolute atomic E-state index is 4.51. The van der Waals surface area contributed by atoms with Crippen LogP contribution in [0.2, 0.25) is 0 Å². The summed E-state index contributed by atoms with van der Waals surface area (Å²) in [6.07, 6.45) is 6.70. The second kappa shape index (κ2) is 3.44. The van der Waals surface area contributed by atoms with Gasteiger partial charge in [-0.15, -0.1) is 0 Å². The number of hydrogen-bond donors (Lipinski definition) is 0. The van der Waals surface area contributed by atoms with Gasteiger partial charge in [0.05, 0.1) is 6.20 Å². The molecular weight excluding hydrogens is 160 g/mol. The summed E-state index contributed by atoms with van der Waals surface area (Å²) >= 11 is 0. The molecule has 2 nitrogen and oxygen atoms in total. The van der Waals surface area contributed by atoms with Gasteiger partial charge in [0.2, 0.25) is 0 Å². The third kappa shape index (κ3) is 2.27. The highest BCUT2D eigenvalue weighted by Crippen LogP contribution is 2.31. The van der Waals surface area contributed by atoms with E-state index < -0.39 is 0 Å². The normalized spacial score (nSPS) is 16.5. The van der Waals surface area contributed by atoms with Crippen molar-refractivity contribution in [1.82, 2.24) is 9.97 Å². The largest absolute Gasteiger partial charge is 0.238 e. The van der Waals surface area contributed by atoms with Crippen LogP contribution in [0.25, 0.3) is 0 Å². The Kier molecular flexibility index (Phi) is 2.30. The monoisotopic (exact) mass is 175 g/mol. The van der Waals surface area contributed by atoms with Gasteiger partial charge >= 0.3 is 0 Å². The molecule has 0 saturated heterocycles. The van der Waals surface area contributed by atoms with E-state index in [2.05, 4.69) is 30.0 Å². The first kappa shape index (κ1) is 8.67. The van der Waals surface area contributed by atoms with Gasteiger partial charge in [-0.05, 0) is 30.7 Å². The molecule has 1 aromatic heterocycles. The van der Waals surface area contributed by atoms with Gasteiger partial charge in [-0.2, -0.15) is 0 Å². The molecule has 0 bridgehead atoms. The molecule has 13 heavy (non-hydrogen) atoms. The highest BCUT2D eigenvalue weighted by Gasteiger charge is 2.22. The molecule has 1 aromatic rings. The van der Waals surface area contributed by atoms with E-state index >= 15 is 0 Å². The summed E-state index contributed by atoms with van der Waals surface area (Å²) in [6.45, 7) is 4.30. The van der Waals surface area contributed by atoms with Gasteiger partial charge in [0.15, 0.2) is 0 Å². The lowest BCUT2D eigenvalue weighted by atomic mass is 10.1. The lowest BCUT2D eigenvalue weighted by molar-refractivity contribution is 0.731. The van der Waals surface area contributed by atoms with Crippen LogP contribution in [0.5, 0.6) is 0 Å². The van der Waals surface area contributed by atoms with Crippen LogP contribution in [0, 0.1) is 12.1 Å². The molecular formula is C11H15N2. The van der Waals surface area contributed by atoms with Crippen LogP contribution in [-0.4, -0.2) is 9.97 Å². The molecule has 1 aliphatic carbocycles.